The van der Waals surface area contributed by atoms with Gasteiger partial charge >= 0.3 is 0 Å². The van der Waals surface area contributed by atoms with E-state index in [9.17, 15) is 5.21 Å². The molecule has 1 aromatic heterocycles. The van der Waals surface area contributed by atoms with E-state index in [0.29, 0.717) is 5.71 Å². The number of hydrogen-bond acceptors (Lipinski definition) is 4. The van der Waals surface area contributed by atoms with E-state index in [4.69, 9.17) is 9.47 Å². The SMILES string of the molecule is COc1ccc2c(c1)/C(=N/O)c1c-2[nH]c2ccc(OC)cc12. The van der Waals surface area contributed by atoms with E-state index in [1.807, 2.05) is 36.4 Å². The molecular weight excluding hydrogens is 280 g/mol. The van der Waals surface area contributed by atoms with Crippen LogP contribution in [-0.4, -0.2) is 30.1 Å². The molecule has 0 saturated carbocycles. The van der Waals surface area contributed by atoms with Gasteiger partial charge in [-0.1, -0.05) is 5.16 Å². The Labute approximate surface area is 126 Å². The van der Waals surface area contributed by atoms with Crippen LogP contribution in [0.15, 0.2) is 41.6 Å². The number of ether oxygens (including phenoxy) is 2. The number of oxime groups is 1. The first-order chi connectivity index (χ1) is 10.8. The molecule has 1 aliphatic rings. The van der Waals surface area contributed by atoms with Gasteiger partial charge in [0, 0.05) is 27.6 Å². The van der Waals surface area contributed by atoms with Crippen molar-refractivity contribution in [1.29, 1.82) is 0 Å². The Hall–Kier alpha value is -2.95. The average molecular weight is 294 g/mol. The summed E-state index contributed by atoms with van der Waals surface area (Å²) in [7, 11) is 3.25. The molecule has 5 nitrogen and oxygen atoms in total. The summed E-state index contributed by atoms with van der Waals surface area (Å²) in [6, 6.07) is 11.6. The summed E-state index contributed by atoms with van der Waals surface area (Å²) in [6.07, 6.45) is 0. The van der Waals surface area contributed by atoms with E-state index >= 15 is 0 Å². The van der Waals surface area contributed by atoms with Crippen molar-refractivity contribution < 1.29 is 14.7 Å². The second-order valence-corrected chi connectivity index (χ2v) is 5.15. The molecule has 0 aliphatic heterocycles. The topological polar surface area (TPSA) is 66.8 Å². The maximum atomic E-state index is 9.53. The lowest BCUT2D eigenvalue weighted by atomic mass is 10.1. The molecule has 2 N–H and O–H groups in total. The third-order valence-electron chi connectivity index (χ3n) is 4.09. The molecule has 0 fully saturated rings. The molecule has 0 unspecified atom stereocenters. The zero-order chi connectivity index (χ0) is 15.3. The van der Waals surface area contributed by atoms with Gasteiger partial charge in [0.2, 0.25) is 0 Å². The third-order valence-corrected chi connectivity index (χ3v) is 4.09. The number of nitrogens with zero attached hydrogens (tertiary/aromatic N) is 1. The van der Waals surface area contributed by atoms with Gasteiger partial charge in [0.15, 0.2) is 0 Å². The lowest BCUT2D eigenvalue weighted by Crippen LogP contribution is -1.98. The van der Waals surface area contributed by atoms with Crippen LogP contribution in [0.1, 0.15) is 11.1 Å². The number of aromatic nitrogens is 1. The Kier molecular flexibility index (Phi) is 2.63. The summed E-state index contributed by atoms with van der Waals surface area (Å²) in [5.41, 5.74) is 5.22. The molecule has 3 aromatic rings. The van der Waals surface area contributed by atoms with Gasteiger partial charge in [0.1, 0.15) is 17.2 Å². The summed E-state index contributed by atoms with van der Waals surface area (Å²) in [4.78, 5) is 3.40. The van der Waals surface area contributed by atoms with Crippen LogP contribution >= 0.6 is 0 Å². The van der Waals surface area contributed by atoms with Gasteiger partial charge < -0.3 is 19.7 Å². The average Bonchev–Trinajstić information content (AvgIpc) is 3.07. The van der Waals surface area contributed by atoms with Crippen LogP contribution in [0.25, 0.3) is 22.2 Å². The molecule has 4 rings (SSSR count). The highest BCUT2D eigenvalue weighted by molar-refractivity contribution is 6.29. The molecule has 0 atom stereocenters. The number of methoxy groups -OCH3 is 2. The van der Waals surface area contributed by atoms with E-state index in [1.54, 1.807) is 14.2 Å². The number of aromatic amines is 1. The first-order valence-electron chi connectivity index (χ1n) is 6.87. The summed E-state index contributed by atoms with van der Waals surface area (Å²) in [5, 5.41) is 14.0. The molecule has 5 heteroatoms. The first-order valence-corrected chi connectivity index (χ1v) is 6.87. The van der Waals surface area contributed by atoms with Crippen molar-refractivity contribution in [2.45, 2.75) is 0 Å². The molecule has 110 valence electrons. The summed E-state index contributed by atoms with van der Waals surface area (Å²) in [6.45, 7) is 0. The molecule has 22 heavy (non-hydrogen) atoms. The molecule has 0 spiro atoms. The minimum Gasteiger partial charge on any atom is -0.497 e. The number of nitrogens with one attached hydrogen (secondary N) is 1. The fourth-order valence-electron chi connectivity index (χ4n) is 3.05. The lowest BCUT2D eigenvalue weighted by Gasteiger charge is -2.05. The van der Waals surface area contributed by atoms with E-state index in [-0.39, 0.29) is 0 Å². The Balaban J connectivity index is 2.05. The number of H-pyrrole nitrogens is 1. The zero-order valence-electron chi connectivity index (χ0n) is 12.2. The van der Waals surface area contributed by atoms with Crippen LogP contribution in [0, 0.1) is 0 Å². The molecule has 2 aromatic carbocycles. The minimum atomic E-state index is 0.545. The van der Waals surface area contributed by atoms with Crippen molar-refractivity contribution in [1.82, 2.24) is 4.98 Å². The van der Waals surface area contributed by atoms with Gasteiger partial charge in [0.05, 0.1) is 19.9 Å². The predicted molar refractivity (Wildman–Crippen MR) is 84.3 cm³/mol. The molecular formula is C17H14N2O3. The summed E-state index contributed by atoms with van der Waals surface area (Å²) in [5.74, 6) is 1.49. The van der Waals surface area contributed by atoms with Gasteiger partial charge in [-0.25, -0.2) is 0 Å². The maximum absolute atomic E-state index is 9.53. The van der Waals surface area contributed by atoms with Crippen molar-refractivity contribution in [3.05, 3.63) is 47.5 Å². The summed E-state index contributed by atoms with van der Waals surface area (Å²) >= 11 is 0. The van der Waals surface area contributed by atoms with Crippen molar-refractivity contribution in [3.63, 3.8) is 0 Å². The fourth-order valence-corrected chi connectivity index (χ4v) is 3.05. The van der Waals surface area contributed by atoms with Crippen LogP contribution in [0.4, 0.5) is 0 Å². The van der Waals surface area contributed by atoms with Gasteiger partial charge in [-0.05, 0) is 36.4 Å². The van der Waals surface area contributed by atoms with Gasteiger partial charge in [0.25, 0.3) is 0 Å². The quantitative estimate of drug-likeness (QED) is 0.440. The largest absolute Gasteiger partial charge is 0.497 e. The molecule has 1 heterocycles. The molecule has 0 radical (unpaired) electrons. The van der Waals surface area contributed by atoms with Gasteiger partial charge in [-0.2, -0.15) is 0 Å². The molecule has 0 bridgehead atoms. The van der Waals surface area contributed by atoms with E-state index in [0.717, 1.165) is 44.8 Å². The zero-order valence-corrected chi connectivity index (χ0v) is 12.2. The minimum absolute atomic E-state index is 0.545. The molecule has 0 saturated heterocycles. The molecule has 1 aliphatic carbocycles. The Morgan fingerprint density at radius 3 is 2.41 bits per heavy atom. The third kappa shape index (κ3) is 1.56. The number of hydrogen-bond donors (Lipinski definition) is 2. The second-order valence-electron chi connectivity index (χ2n) is 5.15. The highest BCUT2D eigenvalue weighted by atomic mass is 16.5. The van der Waals surface area contributed by atoms with Crippen molar-refractivity contribution in [2.24, 2.45) is 5.16 Å². The van der Waals surface area contributed by atoms with Gasteiger partial charge in [-0.3, -0.25) is 0 Å². The van der Waals surface area contributed by atoms with Crippen molar-refractivity contribution in [2.75, 3.05) is 14.2 Å². The van der Waals surface area contributed by atoms with Gasteiger partial charge in [-0.15, -0.1) is 0 Å². The maximum Gasteiger partial charge on any atom is 0.120 e. The van der Waals surface area contributed by atoms with E-state index in [2.05, 4.69) is 10.1 Å². The Bertz CT molecular complexity index is 925. The standard InChI is InChI=1S/C17H14N2O3/c1-21-9-3-5-11-12(7-9)17(19-20)15-13-8-10(22-2)4-6-14(13)18-16(11)15/h3-8,18,20H,1-2H3/b19-17-. The van der Waals surface area contributed by atoms with Crippen LogP contribution in [0.2, 0.25) is 0 Å². The normalized spacial score (nSPS) is 14.2. The first kappa shape index (κ1) is 12.8. The van der Waals surface area contributed by atoms with Crippen molar-refractivity contribution >= 4 is 16.6 Å². The second kappa shape index (κ2) is 4.53. The highest BCUT2D eigenvalue weighted by Gasteiger charge is 2.30. The fraction of sp³-hybridized carbons (Fsp3) is 0.118. The summed E-state index contributed by atoms with van der Waals surface area (Å²) < 4.78 is 10.6. The van der Waals surface area contributed by atoms with Crippen molar-refractivity contribution in [3.8, 4) is 22.8 Å². The Morgan fingerprint density at radius 2 is 1.68 bits per heavy atom. The number of fused-ring (bicyclic) bond motifs is 5. The van der Waals surface area contributed by atoms with Crippen LogP contribution in [0.3, 0.4) is 0 Å². The van der Waals surface area contributed by atoms with Crippen LogP contribution < -0.4 is 9.47 Å². The predicted octanol–water partition coefficient (Wildman–Crippen LogP) is 3.39. The van der Waals surface area contributed by atoms with Crippen LogP contribution in [0.5, 0.6) is 11.5 Å². The molecule has 0 amide bonds. The smallest absolute Gasteiger partial charge is 0.120 e. The Morgan fingerprint density at radius 1 is 0.955 bits per heavy atom. The van der Waals surface area contributed by atoms with E-state index in [1.165, 1.54) is 0 Å². The lowest BCUT2D eigenvalue weighted by molar-refractivity contribution is 0.320. The van der Waals surface area contributed by atoms with E-state index < -0.39 is 0 Å². The number of benzene rings is 2. The van der Waals surface area contributed by atoms with Crippen LogP contribution in [-0.2, 0) is 0 Å². The monoisotopic (exact) mass is 294 g/mol. The number of rotatable bonds is 2. The highest BCUT2D eigenvalue weighted by Crippen LogP contribution is 2.42.